The van der Waals surface area contributed by atoms with Crippen LogP contribution in [0.15, 0.2) is 0 Å². The zero-order valence-electron chi connectivity index (χ0n) is 14.1. The fourth-order valence-electron chi connectivity index (χ4n) is 2.92. The van der Waals surface area contributed by atoms with Gasteiger partial charge in [-0.3, -0.25) is 14.6 Å². The van der Waals surface area contributed by atoms with E-state index >= 15 is 0 Å². The third-order valence-corrected chi connectivity index (χ3v) is 4.04. The molecule has 0 aromatic rings. The average Bonchev–Trinajstić information content (AvgIpc) is 2.76. The molecule has 0 spiro atoms. The molecule has 0 bridgehead atoms. The van der Waals surface area contributed by atoms with Gasteiger partial charge in [0, 0.05) is 39.8 Å². The SMILES string of the molecule is CN(C)C(=O)[C@@H]1C[C@@H](N2CC(O)C2)CN1C(=O)OC(C)(C)C. The predicted molar refractivity (Wildman–Crippen MR) is 81.4 cm³/mol. The molecule has 2 atom stereocenters. The Hall–Kier alpha value is -1.34. The molecule has 2 heterocycles. The summed E-state index contributed by atoms with van der Waals surface area (Å²) in [4.78, 5) is 29.9. The van der Waals surface area contributed by atoms with E-state index in [0.717, 1.165) is 0 Å². The predicted octanol–water partition coefficient (Wildman–Crippen LogP) is 0.129. The zero-order chi connectivity index (χ0) is 16.7. The van der Waals surface area contributed by atoms with Gasteiger partial charge in [-0.05, 0) is 27.2 Å². The minimum Gasteiger partial charge on any atom is -0.444 e. The van der Waals surface area contributed by atoms with Gasteiger partial charge in [-0.25, -0.2) is 4.79 Å². The molecule has 0 radical (unpaired) electrons. The highest BCUT2D eigenvalue weighted by molar-refractivity contribution is 5.86. The van der Waals surface area contributed by atoms with Crippen LogP contribution in [0.1, 0.15) is 27.2 Å². The van der Waals surface area contributed by atoms with Crippen molar-refractivity contribution in [2.45, 2.75) is 51.0 Å². The highest BCUT2D eigenvalue weighted by Crippen LogP contribution is 2.28. The molecule has 0 aromatic heterocycles. The Labute approximate surface area is 131 Å². The normalized spacial score (nSPS) is 26.7. The molecule has 126 valence electrons. The lowest BCUT2D eigenvalue weighted by molar-refractivity contribution is -0.133. The highest BCUT2D eigenvalue weighted by Gasteiger charge is 2.46. The summed E-state index contributed by atoms with van der Waals surface area (Å²) in [6, 6.07) is -0.391. The van der Waals surface area contributed by atoms with Crippen molar-refractivity contribution in [3.8, 4) is 0 Å². The van der Waals surface area contributed by atoms with Crippen LogP contribution in [0.4, 0.5) is 4.79 Å². The van der Waals surface area contributed by atoms with Crippen molar-refractivity contribution in [2.75, 3.05) is 33.7 Å². The lowest BCUT2D eigenvalue weighted by Gasteiger charge is -2.40. The second-order valence-electron chi connectivity index (χ2n) is 7.38. The summed E-state index contributed by atoms with van der Waals surface area (Å²) < 4.78 is 5.43. The smallest absolute Gasteiger partial charge is 0.411 e. The number of carbonyl (C=O) groups is 2. The van der Waals surface area contributed by atoms with Crippen LogP contribution in [0.3, 0.4) is 0 Å². The van der Waals surface area contributed by atoms with E-state index in [9.17, 15) is 14.7 Å². The van der Waals surface area contributed by atoms with E-state index in [-0.39, 0.29) is 18.1 Å². The molecule has 2 aliphatic heterocycles. The molecule has 2 aliphatic rings. The minimum absolute atomic E-state index is 0.0885. The van der Waals surface area contributed by atoms with E-state index < -0.39 is 17.7 Å². The van der Waals surface area contributed by atoms with E-state index in [4.69, 9.17) is 4.74 Å². The summed E-state index contributed by atoms with van der Waals surface area (Å²) in [5.41, 5.74) is -0.589. The van der Waals surface area contributed by atoms with Crippen LogP contribution in [-0.2, 0) is 9.53 Å². The molecule has 2 fully saturated rings. The number of ether oxygens (including phenoxy) is 1. The van der Waals surface area contributed by atoms with E-state index in [1.54, 1.807) is 14.1 Å². The number of carbonyl (C=O) groups excluding carboxylic acids is 2. The Bertz CT molecular complexity index is 441. The molecule has 0 aliphatic carbocycles. The molecule has 7 nitrogen and oxygen atoms in total. The molecule has 2 amide bonds. The van der Waals surface area contributed by atoms with E-state index in [2.05, 4.69) is 4.90 Å². The van der Waals surface area contributed by atoms with Crippen molar-refractivity contribution in [3.63, 3.8) is 0 Å². The number of hydrogen-bond acceptors (Lipinski definition) is 5. The summed E-state index contributed by atoms with van der Waals surface area (Å²) in [6.45, 7) is 7.12. The monoisotopic (exact) mass is 313 g/mol. The van der Waals surface area contributed by atoms with Crippen molar-refractivity contribution >= 4 is 12.0 Å². The second-order valence-corrected chi connectivity index (χ2v) is 7.38. The van der Waals surface area contributed by atoms with Crippen LogP contribution in [0.2, 0.25) is 0 Å². The number of aliphatic hydroxyl groups excluding tert-OH is 1. The van der Waals surface area contributed by atoms with E-state index in [1.807, 2.05) is 20.8 Å². The van der Waals surface area contributed by atoms with Crippen LogP contribution in [0.5, 0.6) is 0 Å². The van der Waals surface area contributed by atoms with Crippen molar-refractivity contribution in [3.05, 3.63) is 0 Å². The lowest BCUT2D eigenvalue weighted by Crippen LogP contribution is -2.56. The Balaban J connectivity index is 2.09. The van der Waals surface area contributed by atoms with Crippen molar-refractivity contribution in [1.29, 1.82) is 0 Å². The first-order chi connectivity index (χ1) is 10.1. The molecule has 1 N–H and O–H groups in total. The molecule has 22 heavy (non-hydrogen) atoms. The first kappa shape index (κ1) is 17.0. The average molecular weight is 313 g/mol. The third-order valence-electron chi connectivity index (χ3n) is 4.04. The van der Waals surface area contributed by atoms with Gasteiger partial charge in [0.1, 0.15) is 11.6 Å². The molecule has 2 saturated heterocycles. The maximum absolute atomic E-state index is 12.4. The number of likely N-dealkylation sites (N-methyl/N-ethyl adjacent to an activating group) is 1. The van der Waals surface area contributed by atoms with E-state index in [1.165, 1.54) is 9.80 Å². The number of β-amino-alcohol motifs (C(OH)–C–C–N with tert-alkyl or cyclic N) is 1. The van der Waals surface area contributed by atoms with Crippen LogP contribution in [0.25, 0.3) is 0 Å². The van der Waals surface area contributed by atoms with Crippen molar-refractivity contribution in [2.24, 2.45) is 0 Å². The lowest BCUT2D eigenvalue weighted by atomic mass is 10.0. The van der Waals surface area contributed by atoms with Gasteiger partial charge < -0.3 is 14.7 Å². The summed E-state index contributed by atoms with van der Waals surface area (Å²) in [6.07, 6.45) is -0.155. The maximum atomic E-state index is 12.4. The van der Waals surface area contributed by atoms with Gasteiger partial charge in [-0.2, -0.15) is 0 Å². The molecule has 7 heteroatoms. The molecule has 2 rings (SSSR count). The van der Waals surface area contributed by atoms with Gasteiger partial charge in [-0.15, -0.1) is 0 Å². The Morgan fingerprint density at radius 2 is 1.77 bits per heavy atom. The van der Waals surface area contributed by atoms with E-state index in [0.29, 0.717) is 26.1 Å². The number of aliphatic hydroxyl groups is 1. The summed E-state index contributed by atoms with van der Waals surface area (Å²) in [7, 11) is 3.38. The molecular formula is C15H27N3O4. The minimum atomic E-state index is -0.589. The van der Waals surface area contributed by atoms with Crippen LogP contribution in [0, 0.1) is 0 Å². The van der Waals surface area contributed by atoms with Crippen LogP contribution in [-0.4, -0.2) is 89.3 Å². The van der Waals surface area contributed by atoms with Gasteiger partial charge in [0.25, 0.3) is 0 Å². The number of nitrogens with zero attached hydrogens (tertiary/aromatic N) is 3. The third kappa shape index (κ3) is 3.70. The first-order valence-corrected chi connectivity index (χ1v) is 7.71. The Morgan fingerprint density at radius 1 is 1.18 bits per heavy atom. The maximum Gasteiger partial charge on any atom is 0.411 e. The standard InChI is InChI=1S/C15H27N3O4/c1-15(2,3)22-14(21)18-7-10(17-8-11(19)9-17)6-12(18)13(20)16(4)5/h10-12,19H,6-9H2,1-5H3/t10-,12+/m1/s1. The van der Waals surface area contributed by atoms with Crippen LogP contribution >= 0.6 is 0 Å². The fraction of sp³-hybridized carbons (Fsp3) is 0.867. The fourth-order valence-corrected chi connectivity index (χ4v) is 2.92. The van der Waals surface area contributed by atoms with Gasteiger partial charge in [0.15, 0.2) is 0 Å². The zero-order valence-corrected chi connectivity index (χ0v) is 14.1. The topological polar surface area (TPSA) is 73.3 Å². The van der Waals surface area contributed by atoms with Gasteiger partial charge >= 0.3 is 6.09 Å². The number of rotatable bonds is 2. The number of hydrogen-bond donors (Lipinski definition) is 1. The van der Waals surface area contributed by atoms with Gasteiger partial charge in [-0.1, -0.05) is 0 Å². The highest BCUT2D eigenvalue weighted by atomic mass is 16.6. The van der Waals surface area contributed by atoms with Crippen molar-refractivity contribution < 1.29 is 19.4 Å². The van der Waals surface area contributed by atoms with Gasteiger partial charge in [0.2, 0.25) is 5.91 Å². The largest absolute Gasteiger partial charge is 0.444 e. The number of likely N-dealkylation sites (tertiary alicyclic amines) is 2. The summed E-state index contributed by atoms with van der Waals surface area (Å²) in [5, 5.41) is 9.45. The van der Waals surface area contributed by atoms with Gasteiger partial charge in [0.05, 0.1) is 6.10 Å². The quantitative estimate of drug-likeness (QED) is 0.784. The molecule has 0 unspecified atom stereocenters. The molecular weight excluding hydrogens is 286 g/mol. The first-order valence-electron chi connectivity index (χ1n) is 7.71. The summed E-state index contributed by atoms with van der Waals surface area (Å²) in [5.74, 6) is -0.0885. The second kappa shape index (κ2) is 6.04. The number of amides is 2. The Morgan fingerprint density at radius 3 is 2.23 bits per heavy atom. The Kier molecular flexibility index (Phi) is 4.67. The summed E-state index contributed by atoms with van der Waals surface area (Å²) >= 11 is 0. The molecule has 0 aromatic carbocycles. The van der Waals surface area contributed by atoms with Crippen LogP contribution < -0.4 is 0 Å². The molecule has 0 saturated carbocycles. The van der Waals surface area contributed by atoms with Crippen molar-refractivity contribution in [1.82, 2.24) is 14.7 Å².